The zero-order valence-electron chi connectivity index (χ0n) is 9.74. The molecule has 88 valence electrons. The lowest BCUT2D eigenvalue weighted by Gasteiger charge is -2.06. The van der Waals surface area contributed by atoms with Crippen molar-refractivity contribution in [1.82, 2.24) is 19.5 Å². The monoisotopic (exact) mass is 238 g/mol. The first-order chi connectivity index (χ1) is 8.79. The topological polar surface area (TPSA) is 60.7 Å². The van der Waals surface area contributed by atoms with E-state index in [1.54, 1.807) is 17.1 Å². The fraction of sp³-hybridized carbons (Fsp3) is 0.0769. The van der Waals surface area contributed by atoms with Gasteiger partial charge in [-0.25, -0.2) is 15.0 Å². The highest BCUT2D eigenvalue weighted by molar-refractivity contribution is 5.94. The molecule has 2 aromatic heterocycles. The van der Waals surface area contributed by atoms with E-state index < -0.39 is 0 Å². The van der Waals surface area contributed by atoms with Crippen molar-refractivity contribution in [2.45, 2.75) is 6.92 Å². The van der Waals surface area contributed by atoms with Crippen LogP contribution in [0, 0.1) is 6.92 Å². The molecule has 0 spiro atoms. The number of rotatable bonds is 2. The number of benzene rings is 1. The number of hydrogen-bond donors (Lipinski definition) is 0. The lowest BCUT2D eigenvalue weighted by atomic mass is 10.2. The van der Waals surface area contributed by atoms with Crippen LogP contribution in [0.25, 0.3) is 16.9 Å². The summed E-state index contributed by atoms with van der Waals surface area (Å²) in [7, 11) is 0. The van der Waals surface area contributed by atoms with E-state index in [9.17, 15) is 4.79 Å². The molecule has 0 aliphatic heterocycles. The fourth-order valence-corrected chi connectivity index (χ4v) is 1.86. The molecule has 0 saturated heterocycles. The molecule has 0 fully saturated rings. The van der Waals surface area contributed by atoms with Gasteiger partial charge in [-0.1, -0.05) is 18.2 Å². The van der Waals surface area contributed by atoms with Gasteiger partial charge in [0.25, 0.3) is 0 Å². The molecule has 5 nitrogen and oxygen atoms in total. The van der Waals surface area contributed by atoms with Gasteiger partial charge in [-0.2, -0.15) is 0 Å². The molecule has 0 aliphatic rings. The van der Waals surface area contributed by atoms with Crippen molar-refractivity contribution >= 4 is 17.2 Å². The lowest BCUT2D eigenvalue weighted by Crippen LogP contribution is -2.04. The predicted molar refractivity (Wildman–Crippen MR) is 66.8 cm³/mol. The van der Waals surface area contributed by atoms with Crippen LogP contribution in [0.4, 0.5) is 0 Å². The van der Waals surface area contributed by atoms with E-state index >= 15 is 0 Å². The highest BCUT2D eigenvalue weighted by Crippen LogP contribution is 2.16. The number of aldehydes is 1. The summed E-state index contributed by atoms with van der Waals surface area (Å²) in [5.41, 5.74) is 2.06. The SMILES string of the molecule is Cc1cncn1-c1nc(C=O)c2ccccc2n1. The maximum Gasteiger partial charge on any atom is 0.236 e. The van der Waals surface area contributed by atoms with Crippen LogP contribution in [-0.4, -0.2) is 25.8 Å². The summed E-state index contributed by atoms with van der Waals surface area (Å²) in [5, 5.41) is 0.758. The van der Waals surface area contributed by atoms with Gasteiger partial charge in [-0.15, -0.1) is 0 Å². The second-order valence-corrected chi connectivity index (χ2v) is 3.95. The first-order valence-corrected chi connectivity index (χ1v) is 5.51. The summed E-state index contributed by atoms with van der Waals surface area (Å²) in [6.07, 6.45) is 4.10. The number of nitrogens with zero attached hydrogens (tertiary/aromatic N) is 4. The van der Waals surface area contributed by atoms with Crippen molar-refractivity contribution in [2.24, 2.45) is 0 Å². The molecule has 18 heavy (non-hydrogen) atoms. The van der Waals surface area contributed by atoms with Gasteiger partial charge in [0.1, 0.15) is 12.0 Å². The molecule has 0 N–H and O–H groups in total. The fourth-order valence-electron chi connectivity index (χ4n) is 1.86. The van der Waals surface area contributed by atoms with Crippen molar-refractivity contribution in [1.29, 1.82) is 0 Å². The average Bonchev–Trinajstić information content (AvgIpc) is 2.83. The van der Waals surface area contributed by atoms with Gasteiger partial charge in [0, 0.05) is 17.3 Å². The molecular formula is C13H10N4O. The molecule has 0 aliphatic carbocycles. The third kappa shape index (κ3) is 1.57. The predicted octanol–water partition coefficient (Wildman–Crippen LogP) is 1.94. The van der Waals surface area contributed by atoms with Crippen molar-refractivity contribution in [3.8, 4) is 5.95 Å². The smallest absolute Gasteiger partial charge is 0.236 e. The lowest BCUT2D eigenvalue weighted by molar-refractivity contribution is 0.112. The molecule has 0 radical (unpaired) electrons. The molecule has 1 aromatic carbocycles. The van der Waals surface area contributed by atoms with Crippen LogP contribution in [0.3, 0.4) is 0 Å². The van der Waals surface area contributed by atoms with E-state index in [2.05, 4.69) is 15.0 Å². The highest BCUT2D eigenvalue weighted by atomic mass is 16.1. The van der Waals surface area contributed by atoms with Crippen LogP contribution in [0.1, 0.15) is 16.2 Å². The van der Waals surface area contributed by atoms with E-state index in [0.717, 1.165) is 22.9 Å². The Hall–Kier alpha value is -2.56. The number of aromatic nitrogens is 4. The number of hydrogen-bond acceptors (Lipinski definition) is 4. The van der Waals surface area contributed by atoms with Crippen LogP contribution < -0.4 is 0 Å². The number of fused-ring (bicyclic) bond motifs is 1. The summed E-state index contributed by atoms with van der Waals surface area (Å²) >= 11 is 0. The Morgan fingerprint density at radius 3 is 2.78 bits per heavy atom. The van der Waals surface area contributed by atoms with Gasteiger partial charge in [0.2, 0.25) is 5.95 Å². The molecule has 5 heteroatoms. The van der Waals surface area contributed by atoms with E-state index in [4.69, 9.17) is 0 Å². The summed E-state index contributed by atoms with van der Waals surface area (Å²) in [6.45, 7) is 1.91. The van der Waals surface area contributed by atoms with Gasteiger partial charge in [-0.05, 0) is 13.0 Å². The van der Waals surface area contributed by atoms with E-state index in [0.29, 0.717) is 11.6 Å². The summed E-state index contributed by atoms with van der Waals surface area (Å²) in [4.78, 5) is 23.8. The van der Waals surface area contributed by atoms with Crippen LogP contribution in [0.15, 0.2) is 36.8 Å². The Morgan fingerprint density at radius 1 is 1.22 bits per heavy atom. The van der Waals surface area contributed by atoms with E-state index in [-0.39, 0.29) is 0 Å². The second-order valence-electron chi connectivity index (χ2n) is 3.95. The molecule has 0 saturated carbocycles. The van der Waals surface area contributed by atoms with Crippen LogP contribution >= 0.6 is 0 Å². The third-order valence-electron chi connectivity index (χ3n) is 2.77. The summed E-state index contributed by atoms with van der Waals surface area (Å²) < 4.78 is 1.75. The first kappa shape index (κ1) is 10.6. The minimum absolute atomic E-state index is 0.392. The molecule has 3 aromatic rings. The molecule has 3 rings (SSSR count). The Morgan fingerprint density at radius 2 is 2.06 bits per heavy atom. The van der Waals surface area contributed by atoms with E-state index in [1.807, 2.05) is 31.2 Å². The van der Waals surface area contributed by atoms with Crippen molar-refractivity contribution in [3.05, 3.63) is 48.2 Å². The number of carbonyl (C=O) groups excluding carboxylic acids is 1. The van der Waals surface area contributed by atoms with Crippen LogP contribution in [-0.2, 0) is 0 Å². The summed E-state index contributed by atoms with van der Waals surface area (Å²) in [5.74, 6) is 0.464. The van der Waals surface area contributed by atoms with Gasteiger partial charge in [-0.3, -0.25) is 9.36 Å². The van der Waals surface area contributed by atoms with Gasteiger partial charge < -0.3 is 0 Å². The normalized spacial score (nSPS) is 10.7. The quantitative estimate of drug-likeness (QED) is 0.640. The van der Waals surface area contributed by atoms with Crippen molar-refractivity contribution in [3.63, 3.8) is 0 Å². The Balaban J connectivity index is 2.32. The Labute approximate surface area is 103 Å². The Bertz CT molecular complexity index is 733. The zero-order chi connectivity index (χ0) is 12.5. The minimum Gasteiger partial charge on any atom is -0.296 e. The van der Waals surface area contributed by atoms with E-state index in [1.165, 1.54) is 0 Å². The van der Waals surface area contributed by atoms with Crippen molar-refractivity contribution in [2.75, 3.05) is 0 Å². The van der Waals surface area contributed by atoms with Gasteiger partial charge >= 0.3 is 0 Å². The average molecular weight is 238 g/mol. The van der Waals surface area contributed by atoms with Crippen molar-refractivity contribution < 1.29 is 4.79 Å². The maximum absolute atomic E-state index is 11.1. The number of para-hydroxylation sites is 1. The zero-order valence-corrected chi connectivity index (χ0v) is 9.74. The molecule has 0 amide bonds. The van der Waals surface area contributed by atoms with Gasteiger partial charge in [0.15, 0.2) is 6.29 Å². The highest BCUT2D eigenvalue weighted by Gasteiger charge is 2.09. The maximum atomic E-state index is 11.1. The molecule has 0 unspecified atom stereocenters. The summed E-state index contributed by atoms with van der Waals surface area (Å²) in [6, 6.07) is 7.44. The second kappa shape index (κ2) is 4.03. The number of carbonyl (C=O) groups is 1. The number of aryl methyl sites for hydroxylation is 1. The number of imidazole rings is 1. The van der Waals surface area contributed by atoms with Crippen LogP contribution in [0.5, 0.6) is 0 Å². The standard InChI is InChI=1S/C13H10N4O/c1-9-6-14-8-17(9)13-15-11-5-3-2-4-10(11)12(7-18)16-13/h2-8H,1H3. The van der Waals surface area contributed by atoms with Gasteiger partial charge in [0.05, 0.1) is 5.52 Å². The Kier molecular flexibility index (Phi) is 2.37. The molecular weight excluding hydrogens is 228 g/mol. The molecule has 2 heterocycles. The largest absolute Gasteiger partial charge is 0.296 e. The minimum atomic E-state index is 0.392. The molecule has 0 bridgehead atoms. The van der Waals surface area contributed by atoms with Crippen LogP contribution in [0.2, 0.25) is 0 Å². The first-order valence-electron chi connectivity index (χ1n) is 5.51. The molecule has 0 atom stereocenters. The third-order valence-corrected chi connectivity index (χ3v) is 2.77.